The summed E-state index contributed by atoms with van der Waals surface area (Å²) in [5.41, 5.74) is 1.98. The number of carbonyl (C=O) groups is 2. The molecule has 7 nitrogen and oxygen atoms in total. The van der Waals surface area contributed by atoms with Gasteiger partial charge in [-0.1, -0.05) is 18.2 Å². The van der Waals surface area contributed by atoms with Crippen LogP contribution in [0, 0.1) is 0 Å². The Morgan fingerprint density at radius 3 is 2.69 bits per heavy atom. The summed E-state index contributed by atoms with van der Waals surface area (Å²) in [5, 5.41) is 6.12. The number of para-hydroxylation sites is 1. The van der Waals surface area contributed by atoms with Crippen LogP contribution >= 0.6 is 0 Å². The highest BCUT2D eigenvalue weighted by Gasteiger charge is 2.52. The second-order valence-corrected chi connectivity index (χ2v) is 8.34. The number of hydrogen-bond acceptors (Lipinski definition) is 4. The van der Waals surface area contributed by atoms with Gasteiger partial charge in [-0.25, -0.2) is 4.98 Å². The van der Waals surface area contributed by atoms with Crippen LogP contribution in [0.4, 0.5) is 0 Å². The first-order chi connectivity index (χ1) is 15.6. The van der Waals surface area contributed by atoms with Crippen molar-refractivity contribution in [3.05, 3.63) is 77.9 Å². The summed E-state index contributed by atoms with van der Waals surface area (Å²) in [6.45, 7) is 2.48. The minimum Gasteiger partial charge on any atom is -0.494 e. The van der Waals surface area contributed by atoms with E-state index in [1.165, 1.54) is 5.56 Å². The van der Waals surface area contributed by atoms with Crippen molar-refractivity contribution in [2.24, 2.45) is 0 Å². The van der Waals surface area contributed by atoms with E-state index in [4.69, 9.17) is 4.74 Å². The molecule has 2 amide bonds. The highest BCUT2D eigenvalue weighted by atomic mass is 16.5. The Morgan fingerprint density at radius 1 is 1.16 bits per heavy atom. The highest BCUT2D eigenvalue weighted by molar-refractivity contribution is 6.00. The summed E-state index contributed by atoms with van der Waals surface area (Å²) < 4.78 is 7.48. The third-order valence-electron chi connectivity index (χ3n) is 6.20. The van der Waals surface area contributed by atoms with Gasteiger partial charge in [0, 0.05) is 23.6 Å². The Labute approximate surface area is 186 Å². The van der Waals surface area contributed by atoms with E-state index in [1.54, 1.807) is 30.5 Å². The topological polar surface area (TPSA) is 85.2 Å². The molecule has 2 aliphatic rings. The van der Waals surface area contributed by atoms with E-state index in [2.05, 4.69) is 27.8 Å². The van der Waals surface area contributed by atoms with Crippen LogP contribution in [0.1, 0.15) is 54.0 Å². The molecule has 32 heavy (non-hydrogen) atoms. The Balaban J connectivity index is 1.29. The number of nitrogens with zero attached hydrogens (tertiary/aromatic N) is 2. The van der Waals surface area contributed by atoms with Gasteiger partial charge in [-0.05, 0) is 68.5 Å². The first kappa shape index (κ1) is 20.3. The van der Waals surface area contributed by atoms with Crippen LogP contribution in [0.3, 0.4) is 0 Å². The lowest BCUT2D eigenvalue weighted by atomic mass is 10.0. The molecule has 7 heteroatoms. The standard InChI is InChI=1S/C25H26N4O3/c1-2-32-19-10-7-18(8-11-19)23(30)28-25(13-14-25)24(31)27-20-12-9-17-5-3-4-6-21(17)29-16-15-26-22(20)29/h3-8,10-11,15-16,20H,2,9,12-14H2,1H3,(H,27,31)(H,28,30)/t20-/m1/s1. The fourth-order valence-electron chi connectivity index (χ4n) is 4.29. The van der Waals surface area contributed by atoms with Crippen LogP contribution in [-0.2, 0) is 11.2 Å². The summed E-state index contributed by atoms with van der Waals surface area (Å²) in [5.74, 6) is 1.13. The molecule has 5 rings (SSSR count). The smallest absolute Gasteiger partial charge is 0.252 e. The lowest BCUT2D eigenvalue weighted by Gasteiger charge is -2.22. The average molecular weight is 431 g/mol. The second-order valence-electron chi connectivity index (χ2n) is 8.34. The molecule has 0 saturated heterocycles. The quantitative estimate of drug-likeness (QED) is 0.628. The van der Waals surface area contributed by atoms with Crippen LogP contribution in [0.5, 0.6) is 5.75 Å². The Morgan fingerprint density at radius 2 is 1.94 bits per heavy atom. The summed E-state index contributed by atoms with van der Waals surface area (Å²) in [4.78, 5) is 30.5. The number of imidazole rings is 1. The number of nitrogens with one attached hydrogen (secondary N) is 2. The van der Waals surface area contributed by atoms with E-state index < -0.39 is 5.54 Å². The summed E-state index contributed by atoms with van der Waals surface area (Å²) in [7, 11) is 0. The van der Waals surface area contributed by atoms with Crippen molar-refractivity contribution < 1.29 is 14.3 Å². The number of benzene rings is 2. The van der Waals surface area contributed by atoms with Crippen LogP contribution in [0.15, 0.2) is 60.9 Å². The van der Waals surface area contributed by atoms with Gasteiger partial charge in [0.05, 0.1) is 12.6 Å². The molecule has 1 saturated carbocycles. The van der Waals surface area contributed by atoms with Gasteiger partial charge < -0.3 is 19.9 Å². The average Bonchev–Trinajstić information content (AvgIpc) is 3.46. The van der Waals surface area contributed by atoms with Crippen molar-refractivity contribution in [1.29, 1.82) is 0 Å². The van der Waals surface area contributed by atoms with E-state index in [0.29, 0.717) is 30.8 Å². The van der Waals surface area contributed by atoms with E-state index in [1.807, 2.05) is 29.8 Å². The monoisotopic (exact) mass is 430 g/mol. The minimum atomic E-state index is -0.855. The summed E-state index contributed by atoms with van der Waals surface area (Å²) in [6, 6.07) is 15.0. The third-order valence-corrected chi connectivity index (χ3v) is 6.20. The first-order valence-electron chi connectivity index (χ1n) is 11.1. The van der Waals surface area contributed by atoms with Gasteiger partial charge in [0.2, 0.25) is 5.91 Å². The van der Waals surface area contributed by atoms with Gasteiger partial charge in [0.25, 0.3) is 5.91 Å². The number of fused-ring (bicyclic) bond motifs is 3. The Bertz CT molecular complexity index is 1150. The summed E-state index contributed by atoms with van der Waals surface area (Å²) in [6.07, 6.45) is 6.54. The molecule has 3 aromatic rings. The van der Waals surface area contributed by atoms with Crippen LogP contribution in [0.25, 0.3) is 5.69 Å². The van der Waals surface area contributed by atoms with Crippen molar-refractivity contribution in [3.63, 3.8) is 0 Å². The number of aromatic nitrogens is 2. The van der Waals surface area contributed by atoms with Crippen molar-refractivity contribution in [3.8, 4) is 11.4 Å². The zero-order chi connectivity index (χ0) is 22.1. The Hall–Kier alpha value is -3.61. The fraction of sp³-hybridized carbons (Fsp3) is 0.320. The highest BCUT2D eigenvalue weighted by Crippen LogP contribution is 2.37. The molecule has 0 spiro atoms. The van der Waals surface area contributed by atoms with Crippen molar-refractivity contribution in [1.82, 2.24) is 20.2 Å². The largest absolute Gasteiger partial charge is 0.494 e. The maximum absolute atomic E-state index is 13.2. The molecule has 2 heterocycles. The van der Waals surface area contributed by atoms with Crippen LogP contribution in [-0.4, -0.2) is 33.5 Å². The molecule has 1 aliphatic carbocycles. The van der Waals surface area contributed by atoms with Crippen molar-refractivity contribution in [2.45, 2.75) is 44.2 Å². The minimum absolute atomic E-state index is 0.151. The van der Waals surface area contributed by atoms with Gasteiger partial charge in [-0.3, -0.25) is 9.59 Å². The molecule has 1 aliphatic heterocycles. The third kappa shape index (κ3) is 3.75. The second kappa shape index (κ2) is 8.15. The fourth-order valence-corrected chi connectivity index (χ4v) is 4.29. The molecule has 0 bridgehead atoms. The van der Waals surface area contributed by atoms with Gasteiger partial charge in [0.1, 0.15) is 17.1 Å². The molecule has 2 N–H and O–H groups in total. The molecule has 1 aromatic heterocycles. The molecule has 0 unspecified atom stereocenters. The lowest BCUT2D eigenvalue weighted by Crippen LogP contribution is -2.50. The zero-order valence-corrected chi connectivity index (χ0v) is 18.0. The van der Waals surface area contributed by atoms with Gasteiger partial charge in [-0.15, -0.1) is 0 Å². The number of amides is 2. The van der Waals surface area contributed by atoms with E-state index in [9.17, 15) is 9.59 Å². The number of hydrogen-bond donors (Lipinski definition) is 2. The summed E-state index contributed by atoms with van der Waals surface area (Å²) >= 11 is 0. The van der Waals surface area contributed by atoms with E-state index >= 15 is 0 Å². The predicted molar refractivity (Wildman–Crippen MR) is 120 cm³/mol. The zero-order valence-electron chi connectivity index (χ0n) is 18.0. The molecule has 164 valence electrons. The number of carbonyl (C=O) groups excluding carboxylic acids is 2. The van der Waals surface area contributed by atoms with Crippen molar-refractivity contribution >= 4 is 11.8 Å². The SMILES string of the molecule is CCOc1ccc(C(=O)NC2(C(=O)N[C@@H]3CCc4ccccc4-n4ccnc43)CC2)cc1. The van der Waals surface area contributed by atoms with Crippen LogP contribution < -0.4 is 15.4 Å². The maximum atomic E-state index is 13.2. The first-order valence-corrected chi connectivity index (χ1v) is 11.1. The van der Waals surface area contributed by atoms with Crippen molar-refractivity contribution in [2.75, 3.05) is 6.61 Å². The van der Waals surface area contributed by atoms with Gasteiger partial charge in [-0.2, -0.15) is 0 Å². The molecular formula is C25H26N4O3. The number of rotatable bonds is 6. The maximum Gasteiger partial charge on any atom is 0.252 e. The van der Waals surface area contributed by atoms with E-state index in [0.717, 1.165) is 24.4 Å². The number of ether oxygens (including phenoxy) is 1. The normalized spacial score (nSPS) is 18.0. The molecular weight excluding hydrogens is 404 g/mol. The molecule has 2 aromatic carbocycles. The predicted octanol–water partition coefficient (Wildman–Crippen LogP) is 3.34. The Kier molecular flexibility index (Phi) is 5.17. The lowest BCUT2D eigenvalue weighted by molar-refractivity contribution is -0.124. The van der Waals surface area contributed by atoms with E-state index in [-0.39, 0.29) is 17.9 Å². The number of aryl methyl sites for hydroxylation is 1. The molecule has 1 atom stereocenters. The van der Waals surface area contributed by atoms with Gasteiger partial charge in [0.15, 0.2) is 0 Å². The molecule has 1 fully saturated rings. The van der Waals surface area contributed by atoms with Crippen LogP contribution in [0.2, 0.25) is 0 Å². The van der Waals surface area contributed by atoms with Gasteiger partial charge >= 0.3 is 0 Å². The molecule has 0 radical (unpaired) electrons.